The number of hydrogen-bond acceptors (Lipinski definition) is 6. The van der Waals surface area contributed by atoms with Gasteiger partial charge in [0, 0.05) is 25.2 Å². The number of amides is 1. The zero-order valence-electron chi connectivity index (χ0n) is 18.6. The molecule has 0 bridgehead atoms. The molecular weight excluding hydrogens is 444 g/mol. The van der Waals surface area contributed by atoms with E-state index in [2.05, 4.69) is 11.9 Å². The number of carbonyl (C=O) groups excluding carboxylic acids is 1. The minimum atomic E-state index is -1.19. The molecule has 1 unspecified atom stereocenters. The Bertz CT molecular complexity index is 1130. The van der Waals surface area contributed by atoms with E-state index in [0.717, 1.165) is 17.5 Å². The van der Waals surface area contributed by atoms with Crippen LogP contribution in [0.4, 0.5) is 5.82 Å². The van der Waals surface area contributed by atoms with E-state index in [0.29, 0.717) is 35.2 Å². The molecule has 1 aromatic heterocycles. The fraction of sp³-hybridized carbons (Fsp3) is 0.333. The molecule has 3 aromatic rings. The summed E-state index contributed by atoms with van der Waals surface area (Å²) in [6.07, 6.45) is 0.0247. The highest BCUT2D eigenvalue weighted by Crippen LogP contribution is 2.35. The molecule has 2 N–H and O–H groups in total. The maximum atomic E-state index is 13.4. The lowest BCUT2D eigenvalue weighted by atomic mass is 10.2. The molecule has 1 amide bonds. The molecule has 0 saturated heterocycles. The van der Waals surface area contributed by atoms with Crippen LogP contribution in [0.3, 0.4) is 0 Å². The average molecular weight is 471 g/mol. The number of hydrogen-bond donors (Lipinski definition) is 2. The molecule has 0 saturated carbocycles. The van der Waals surface area contributed by atoms with E-state index < -0.39 is 6.35 Å². The Balaban J connectivity index is 1.79. The van der Waals surface area contributed by atoms with Gasteiger partial charge in [-0.25, -0.2) is 0 Å². The second-order valence-corrected chi connectivity index (χ2v) is 8.35. The van der Waals surface area contributed by atoms with E-state index in [1.807, 2.05) is 36.4 Å². The molecule has 4 rings (SSSR count). The monoisotopic (exact) mass is 470 g/mol. The molecule has 0 aliphatic carbocycles. The Morgan fingerprint density at radius 3 is 2.61 bits per heavy atom. The maximum Gasteiger partial charge on any atom is 0.304 e. The van der Waals surface area contributed by atoms with Gasteiger partial charge in [0.25, 0.3) is 5.91 Å². The third-order valence-corrected chi connectivity index (χ3v) is 5.92. The molecule has 1 aliphatic rings. The first kappa shape index (κ1) is 23.1. The number of aliphatic hydroxyl groups is 2. The third-order valence-electron chi connectivity index (χ3n) is 5.66. The van der Waals surface area contributed by atoms with Crippen molar-refractivity contribution in [2.24, 2.45) is 0 Å². The normalized spacial score (nSPS) is 15.7. The molecule has 2 aromatic carbocycles. The van der Waals surface area contributed by atoms with E-state index in [-0.39, 0.29) is 25.1 Å². The summed E-state index contributed by atoms with van der Waals surface area (Å²) >= 11 is 6.04. The standard InChI is InChI=1S/C24H27ClN4O4/c1-3-16-6-4-7-19(14-16)33-23-26-21-20(29(23)15-17-8-10-18(25)11-9-17)22(31)28(12-5-13-30)24(32)27(21)2/h4,6-11,14,24,30,32H,3,5,12-13,15H2,1-2H3. The van der Waals surface area contributed by atoms with Crippen LogP contribution in [0.15, 0.2) is 48.5 Å². The molecule has 0 fully saturated rings. The predicted octanol–water partition coefficient (Wildman–Crippen LogP) is 3.49. The van der Waals surface area contributed by atoms with Crippen LogP contribution in [0.25, 0.3) is 0 Å². The quantitative estimate of drug-likeness (QED) is 0.523. The van der Waals surface area contributed by atoms with Crippen molar-refractivity contribution in [1.82, 2.24) is 14.5 Å². The van der Waals surface area contributed by atoms with Crippen molar-refractivity contribution in [3.05, 3.63) is 70.4 Å². The van der Waals surface area contributed by atoms with Gasteiger partial charge in [0.05, 0.1) is 6.54 Å². The Morgan fingerprint density at radius 2 is 1.91 bits per heavy atom. The van der Waals surface area contributed by atoms with Gasteiger partial charge in [0.15, 0.2) is 11.5 Å². The number of imidazole rings is 1. The lowest BCUT2D eigenvalue weighted by molar-refractivity contribution is 0.00112. The summed E-state index contributed by atoms with van der Waals surface area (Å²) < 4.78 is 7.87. The second kappa shape index (κ2) is 9.82. The van der Waals surface area contributed by atoms with E-state index in [1.54, 1.807) is 23.7 Å². The topological polar surface area (TPSA) is 91.1 Å². The van der Waals surface area contributed by atoms with Crippen LogP contribution in [-0.2, 0) is 13.0 Å². The van der Waals surface area contributed by atoms with Crippen LogP contribution in [0, 0.1) is 0 Å². The number of halogens is 1. The summed E-state index contributed by atoms with van der Waals surface area (Å²) in [5.41, 5.74) is 2.35. The van der Waals surface area contributed by atoms with Crippen LogP contribution in [0.5, 0.6) is 11.8 Å². The number of ether oxygens (including phenoxy) is 1. The van der Waals surface area contributed by atoms with Gasteiger partial charge in [0.2, 0.25) is 6.35 Å². The maximum absolute atomic E-state index is 13.4. The van der Waals surface area contributed by atoms with Crippen LogP contribution in [0.1, 0.15) is 35.0 Å². The van der Waals surface area contributed by atoms with Crippen molar-refractivity contribution in [2.75, 3.05) is 25.1 Å². The molecular formula is C24H27ClN4O4. The molecule has 8 nitrogen and oxygen atoms in total. The minimum Gasteiger partial charge on any atom is -0.425 e. The Kier molecular flexibility index (Phi) is 6.88. The van der Waals surface area contributed by atoms with Crippen LogP contribution in [-0.4, -0.2) is 57.1 Å². The number of benzene rings is 2. The van der Waals surface area contributed by atoms with E-state index in [1.165, 1.54) is 9.80 Å². The van der Waals surface area contributed by atoms with Crippen LogP contribution < -0.4 is 9.64 Å². The lowest BCUT2D eigenvalue weighted by Crippen LogP contribution is -2.54. The zero-order valence-corrected chi connectivity index (χ0v) is 19.4. The summed E-state index contributed by atoms with van der Waals surface area (Å²) in [6.45, 7) is 2.52. The molecule has 9 heteroatoms. The van der Waals surface area contributed by atoms with E-state index in [4.69, 9.17) is 16.3 Å². The van der Waals surface area contributed by atoms with Gasteiger partial charge in [0.1, 0.15) is 5.75 Å². The Morgan fingerprint density at radius 1 is 1.15 bits per heavy atom. The summed E-state index contributed by atoms with van der Waals surface area (Å²) in [4.78, 5) is 20.9. The zero-order chi connectivity index (χ0) is 23.5. The van der Waals surface area contributed by atoms with Crippen molar-refractivity contribution in [1.29, 1.82) is 0 Å². The first-order chi connectivity index (χ1) is 15.9. The number of nitrogens with zero attached hydrogens (tertiary/aromatic N) is 4. The summed E-state index contributed by atoms with van der Waals surface area (Å²) in [5.74, 6) is 0.577. The van der Waals surface area contributed by atoms with Crippen molar-refractivity contribution in [3.63, 3.8) is 0 Å². The van der Waals surface area contributed by atoms with Gasteiger partial charge in [-0.2, -0.15) is 4.98 Å². The van der Waals surface area contributed by atoms with Gasteiger partial charge in [-0.05, 0) is 48.2 Å². The first-order valence-electron chi connectivity index (χ1n) is 10.9. The second-order valence-electron chi connectivity index (χ2n) is 7.92. The highest BCUT2D eigenvalue weighted by molar-refractivity contribution is 6.30. The lowest BCUT2D eigenvalue weighted by Gasteiger charge is -2.38. The van der Waals surface area contributed by atoms with E-state index in [9.17, 15) is 15.0 Å². The third kappa shape index (κ3) is 4.68. The van der Waals surface area contributed by atoms with Gasteiger partial charge in [-0.1, -0.05) is 42.8 Å². The smallest absolute Gasteiger partial charge is 0.304 e. The number of aliphatic hydroxyl groups excluding tert-OH is 2. The Hall–Kier alpha value is -3.07. The van der Waals surface area contributed by atoms with Gasteiger partial charge in [-0.15, -0.1) is 0 Å². The number of aromatic nitrogens is 2. The molecule has 1 atom stereocenters. The van der Waals surface area contributed by atoms with Crippen molar-refractivity contribution in [3.8, 4) is 11.8 Å². The Labute approximate surface area is 197 Å². The van der Waals surface area contributed by atoms with Crippen molar-refractivity contribution in [2.45, 2.75) is 32.7 Å². The highest BCUT2D eigenvalue weighted by Gasteiger charge is 2.40. The van der Waals surface area contributed by atoms with Gasteiger partial charge in [-0.3, -0.25) is 14.3 Å². The molecule has 1 aliphatic heterocycles. The average Bonchev–Trinajstić information content (AvgIpc) is 3.17. The molecule has 0 radical (unpaired) electrons. The molecule has 0 spiro atoms. The van der Waals surface area contributed by atoms with Crippen molar-refractivity contribution < 1.29 is 19.7 Å². The largest absolute Gasteiger partial charge is 0.425 e. The fourth-order valence-corrected chi connectivity index (χ4v) is 3.95. The van der Waals surface area contributed by atoms with Gasteiger partial charge >= 0.3 is 6.01 Å². The van der Waals surface area contributed by atoms with E-state index >= 15 is 0 Å². The van der Waals surface area contributed by atoms with Gasteiger partial charge < -0.3 is 19.8 Å². The summed E-state index contributed by atoms with van der Waals surface area (Å²) in [6, 6.07) is 15.3. The highest BCUT2D eigenvalue weighted by atomic mass is 35.5. The number of aryl methyl sites for hydroxylation is 1. The molecule has 174 valence electrons. The van der Waals surface area contributed by atoms with Crippen LogP contribution >= 0.6 is 11.6 Å². The molecule has 33 heavy (non-hydrogen) atoms. The number of anilines is 1. The SMILES string of the molecule is CCc1cccc(Oc2nc3c(n2Cc2ccc(Cl)cc2)C(=O)N(CCCO)C(O)N3C)c1. The van der Waals surface area contributed by atoms with Crippen LogP contribution in [0.2, 0.25) is 5.02 Å². The number of rotatable bonds is 8. The molecule has 2 heterocycles. The number of fused-ring (bicyclic) bond motifs is 1. The number of carbonyl (C=O) groups is 1. The summed E-state index contributed by atoms with van der Waals surface area (Å²) in [7, 11) is 1.67. The minimum absolute atomic E-state index is 0.0841. The summed E-state index contributed by atoms with van der Waals surface area (Å²) in [5, 5.41) is 20.6. The predicted molar refractivity (Wildman–Crippen MR) is 126 cm³/mol. The first-order valence-corrected chi connectivity index (χ1v) is 11.2. The fourth-order valence-electron chi connectivity index (χ4n) is 3.83. The van der Waals surface area contributed by atoms with Crippen molar-refractivity contribution >= 4 is 23.3 Å².